The third-order valence-corrected chi connectivity index (χ3v) is 5.09. The minimum atomic E-state index is 0.110. The number of likely N-dealkylation sites (tertiary alicyclic amines) is 2. The van der Waals surface area contributed by atoms with E-state index in [4.69, 9.17) is 0 Å². The molecule has 0 bridgehead atoms. The first-order chi connectivity index (χ1) is 10.6. The average Bonchev–Trinajstić information content (AvgIpc) is 2.55. The van der Waals surface area contributed by atoms with Crippen molar-refractivity contribution in [2.45, 2.75) is 58.0 Å². The smallest absolute Gasteiger partial charge is 0.225 e. The molecule has 0 unspecified atom stereocenters. The van der Waals surface area contributed by atoms with Crippen LogP contribution in [-0.4, -0.2) is 72.2 Å². The van der Waals surface area contributed by atoms with Gasteiger partial charge in [-0.1, -0.05) is 20.3 Å². The lowest BCUT2D eigenvalue weighted by Gasteiger charge is -2.36. The number of piperidine rings is 2. The molecule has 2 aliphatic heterocycles. The molecular weight excluding hydrogens is 278 g/mol. The van der Waals surface area contributed by atoms with E-state index in [0.29, 0.717) is 12.1 Å². The van der Waals surface area contributed by atoms with Gasteiger partial charge in [0.2, 0.25) is 5.91 Å². The van der Waals surface area contributed by atoms with Crippen LogP contribution >= 0.6 is 0 Å². The molecule has 0 radical (unpaired) electrons. The number of amides is 1. The highest BCUT2D eigenvalue weighted by molar-refractivity contribution is 5.78. The van der Waals surface area contributed by atoms with Crippen LogP contribution in [0.15, 0.2) is 0 Å². The van der Waals surface area contributed by atoms with Gasteiger partial charge in [0.1, 0.15) is 0 Å². The molecule has 1 amide bonds. The van der Waals surface area contributed by atoms with Gasteiger partial charge in [-0.15, -0.1) is 0 Å². The predicted molar refractivity (Wildman–Crippen MR) is 88.7 cm³/mol. The van der Waals surface area contributed by atoms with Gasteiger partial charge >= 0.3 is 0 Å². The molecule has 2 saturated heterocycles. The van der Waals surface area contributed by atoms with Crippen LogP contribution in [0, 0.1) is 5.92 Å². The zero-order valence-corrected chi connectivity index (χ0v) is 14.3. The summed E-state index contributed by atoms with van der Waals surface area (Å²) >= 11 is 0. The Balaban J connectivity index is 1.63. The Morgan fingerprint density at radius 1 is 1.18 bits per heavy atom. The maximum absolute atomic E-state index is 12.0. The van der Waals surface area contributed by atoms with E-state index in [1.165, 1.54) is 12.8 Å². The standard InChI is InChI=1S/C17H33N3O2/c1-14(2)17(22)20-10-6-15(7-11-20)18-8-12-19-9-4-3-5-16(19)13-21/h14-16,18,21H,3-13H2,1-2H3/t16-/m1/s1. The Bertz CT molecular complexity index is 341. The van der Waals surface area contributed by atoms with Crippen molar-refractivity contribution in [3.8, 4) is 0 Å². The van der Waals surface area contributed by atoms with Crippen LogP contribution < -0.4 is 5.32 Å². The van der Waals surface area contributed by atoms with E-state index in [2.05, 4.69) is 10.2 Å². The number of hydrogen-bond donors (Lipinski definition) is 2. The van der Waals surface area contributed by atoms with E-state index in [1.807, 2.05) is 18.7 Å². The molecule has 2 aliphatic rings. The lowest BCUT2D eigenvalue weighted by atomic mass is 10.0. The second kappa shape index (κ2) is 8.85. The molecule has 0 aromatic rings. The van der Waals surface area contributed by atoms with Crippen molar-refractivity contribution in [2.75, 3.05) is 39.3 Å². The maximum atomic E-state index is 12.0. The molecule has 22 heavy (non-hydrogen) atoms. The minimum Gasteiger partial charge on any atom is -0.395 e. The highest BCUT2D eigenvalue weighted by Gasteiger charge is 2.25. The number of aliphatic hydroxyl groups excluding tert-OH is 1. The molecule has 1 atom stereocenters. The van der Waals surface area contributed by atoms with E-state index in [9.17, 15) is 9.90 Å². The van der Waals surface area contributed by atoms with Gasteiger partial charge < -0.3 is 15.3 Å². The first-order valence-electron chi connectivity index (χ1n) is 8.99. The maximum Gasteiger partial charge on any atom is 0.225 e. The number of carbonyl (C=O) groups excluding carboxylic acids is 1. The van der Waals surface area contributed by atoms with Crippen molar-refractivity contribution in [1.82, 2.24) is 15.1 Å². The van der Waals surface area contributed by atoms with Crippen LogP contribution in [0.1, 0.15) is 46.0 Å². The third kappa shape index (κ3) is 4.93. The van der Waals surface area contributed by atoms with Gasteiger partial charge in [-0.05, 0) is 32.2 Å². The van der Waals surface area contributed by atoms with E-state index in [-0.39, 0.29) is 18.4 Å². The van der Waals surface area contributed by atoms with Crippen molar-refractivity contribution in [2.24, 2.45) is 5.92 Å². The molecule has 2 rings (SSSR count). The first-order valence-corrected chi connectivity index (χ1v) is 8.99. The summed E-state index contributed by atoms with van der Waals surface area (Å²) in [6.45, 7) is 9.14. The van der Waals surface area contributed by atoms with Crippen LogP contribution in [0.5, 0.6) is 0 Å². The van der Waals surface area contributed by atoms with Gasteiger partial charge in [0.25, 0.3) is 0 Å². The molecule has 5 heteroatoms. The summed E-state index contributed by atoms with van der Waals surface area (Å²) in [4.78, 5) is 16.4. The van der Waals surface area contributed by atoms with Crippen molar-refractivity contribution < 1.29 is 9.90 Å². The van der Waals surface area contributed by atoms with Crippen molar-refractivity contribution in [3.05, 3.63) is 0 Å². The number of aliphatic hydroxyl groups is 1. The van der Waals surface area contributed by atoms with Gasteiger partial charge in [-0.3, -0.25) is 9.69 Å². The van der Waals surface area contributed by atoms with E-state index >= 15 is 0 Å². The Labute approximate surface area is 135 Å². The van der Waals surface area contributed by atoms with Crippen LogP contribution in [0.25, 0.3) is 0 Å². The molecule has 2 fully saturated rings. The Kier molecular flexibility index (Phi) is 7.12. The second-order valence-corrected chi connectivity index (χ2v) is 7.08. The molecule has 128 valence electrons. The zero-order chi connectivity index (χ0) is 15.9. The Morgan fingerprint density at radius 3 is 2.55 bits per heavy atom. The summed E-state index contributed by atoms with van der Waals surface area (Å²) in [6.07, 6.45) is 5.75. The quantitative estimate of drug-likeness (QED) is 0.770. The van der Waals surface area contributed by atoms with Gasteiger partial charge in [0.05, 0.1) is 6.61 Å². The highest BCUT2D eigenvalue weighted by atomic mass is 16.3. The molecule has 0 saturated carbocycles. The first kappa shape index (κ1) is 17.7. The molecule has 0 spiro atoms. The van der Waals surface area contributed by atoms with Crippen LogP contribution in [-0.2, 0) is 4.79 Å². The van der Waals surface area contributed by atoms with Crippen LogP contribution in [0.2, 0.25) is 0 Å². The van der Waals surface area contributed by atoms with Gasteiger partial charge in [0, 0.05) is 44.2 Å². The fourth-order valence-corrected chi connectivity index (χ4v) is 3.64. The van der Waals surface area contributed by atoms with Gasteiger partial charge in [-0.25, -0.2) is 0 Å². The minimum absolute atomic E-state index is 0.110. The number of hydrogen-bond acceptors (Lipinski definition) is 4. The summed E-state index contributed by atoms with van der Waals surface area (Å²) in [6, 6.07) is 0.898. The molecule has 0 aliphatic carbocycles. The fourth-order valence-electron chi connectivity index (χ4n) is 3.64. The van der Waals surface area contributed by atoms with E-state index in [0.717, 1.165) is 52.0 Å². The van der Waals surface area contributed by atoms with Gasteiger partial charge in [-0.2, -0.15) is 0 Å². The van der Waals surface area contributed by atoms with Crippen molar-refractivity contribution in [3.63, 3.8) is 0 Å². The number of carbonyl (C=O) groups is 1. The van der Waals surface area contributed by atoms with Crippen molar-refractivity contribution >= 4 is 5.91 Å². The number of nitrogens with one attached hydrogen (secondary N) is 1. The fraction of sp³-hybridized carbons (Fsp3) is 0.941. The predicted octanol–water partition coefficient (Wildman–Crippen LogP) is 1.07. The lowest BCUT2D eigenvalue weighted by Crippen LogP contribution is -2.49. The highest BCUT2D eigenvalue weighted by Crippen LogP contribution is 2.16. The second-order valence-electron chi connectivity index (χ2n) is 7.08. The molecule has 0 aromatic heterocycles. The number of rotatable bonds is 6. The normalized spacial score (nSPS) is 24.9. The SMILES string of the molecule is CC(C)C(=O)N1CCC(NCCN2CCCC[C@@H]2CO)CC1. The van der Waals surface area contributed by atoms with Crippen LogP contribution in [0.3, 0.4) is 0 Å². The third-order valence-electron chi connectivity index (χ3n) is 5.09. The molecule has 2 heterocycles. The average molecular weight is 311 g/mol. The summed E-state index contributed by atoms with van der Waals surface area (Å²) in [5.74, 6) is 0.400. The zero-order valence-electron chi connectivity index (χ0n) is 14.3. The lowest BCUT2D eigenvalue weighted by molar-refractivity contribution is -0.135. The summed E-state index contributed by atoms with van der Waals surface area (Å²) < 4.78 is 0. The molecule has 2 N–H and O–H groups in total. The van der Waals surface area contributed by atoms with Gasteiger partial charge in [0.15, 0.2) is 0 Å². The van der Waals surface area contributed by atoms with E-state index < -0.39 is 0 Å². The van der Waals surface area contributed by atoms with Crippen LogP contribution in [0.4, 0.5) is 0 Å². The molecule has 5 nitrogen and oxygen atoms in total. The Morgan fingerprint density at radius 2 is 1.91 bits per heavy atom. The molecular formula is C17H33N3O2. The molecule has 0 aromatic carbocycles. The summed E-state index contributed by atoms with van der Waals surface area (Å²) in [5.41, 5.74) is 0. The topological polar surface area (TPSA) is 55.8 Å². The summed E-state index contributed by atoms with van der Waals surface area (Å²) in [7, 11) is 0. The largest absolute Gasteiger partial charge is 0.395 e. The van der Waals surface area contributed by atoms with E-state index in [1.54, 1.807) is 0 Å². The Hall–Kier alpha value is -0.650. The van der Waals surface area contributed by atoms with Crippen molar-refractivity contribution in [1.29, 1.82) is 0 Å². The number of nitrogens with zero attached hydrogens (tertiary/aromatic N) is 2. The summed E-state index contributed by atoms with van der Waals surface area (Å²) in [5, 5.41) is 13.1. The monoisotopic (exact) mass is 311 g/mol.